The minimum absolute atomic E-state index is 0.627. The molecule has 2 atom stereocenters. The zero-order chi connectivity index (χ0) is 17.2. The van der Waals surface area contributed by atoms with Crippen molar-refractivity contribution in [2.75, 3.05) is 0 Å². The molecule has 0 aliphatic carbocycles. The molecule has 0 saturated carbocycles. The summed E-state index contributed by atoms with van der Waals surface area (Å²) in [5.41, 5.74) is -1.25. The Morgan fingerprint density at radius 3 is 1.18 bits per heavy atom. The summed E-state index contributed by atoms with van der Waals surface area (Å²) in [6.07, 6.45) is 7.30. The van der Waals surface area contributed by atoms with Crippen molar-refractivity contribution < 1.29 is 19.8 Å². The fourth-order valence-electron chi connectivity index (χ4n) is 3.57. The summed E-state index contributed by atoms with van der Waals surface area (Å²) >= 11 is 0. The van der Waals surface area contributed by atoms with Crippen molar-refractivity contribution >= 4 is 11.9 Å². The van der Waals surface area contributed by atoms with Gasteiger partial charge in [-0.05, 0) is 38.5 Å². The molecule has 22 heavy (non-hydrogen) atoms. The van der Waals surface area contributed by atoms with Gasteiger partial charge in [0.2, 0.25) is 0 Å². The molecule has 0 aliphatic rings. The van der Waals surface area contributed by atoms with Crippen molar-refractivity contribution in [1.29, 1.82) is 0 Å². The Balaban J connectivity index is 4.66. The summed E-state index contributed by atoms with van der Waals surface area (Å²) in [5, 5.41) is 19.1. The largest absolute Gasteiger partial charge is 0.481 e. The molecule has 0 heterocycles. The molecule has 4 nitrogen and oxygen atoms in total. The highest BCUT2D eigenvalue weighted by molar-refractivity contribution is 5.75. The fourth-order valence-corrected chi connectivity index (χ4v) is 3.57. The number of carbonyl (C=O) groups is 2. The molecule has 0 amide bonds. The van der Waals surface area contributed by atoms with E-state index in [9.17, 15) is 19.8 Å². The summed E-state index contributed by atoms with van der Waals surface area (Å²) in [4.78, 5) is 23.2. The first-order valence-electron chi connectivity index (χ1n) is 8.81. The lowest BCUT2D eigenvalue weighted by Gasteiger charge is -2.30. The van der Waals surface area contributed by atoms with Crippen LogP contribution in [-0.2, 0) is 9.59 Å². The number of carboxylic acids is 2. The van der Waals surface area contributed by atoms with Crippen LogP contribution >= 0.6 is 0 Å². The second-order valence-corrected chi connectivity index (χ2v) is 6.59. The van der Waals surface area contributed by atoms with Crippen molar-refractivity contribution in [3.63, 3.8) is 0 Å². The average Bonchev–Trinajstić information content (AvgIpc) is 2.48. The minimum atomic E-state index is -0.703. The molecule has 4 heteroatoms. The van der Waals surface area contributed by atoms with Crippen LogP contribution in [0.5, 0.6) is 0 Å². The van der Waals surface area contributed by atoms with Gasteiger partial charge < -0.3 is 10.2 Å². The third-order valence-electron chi connectivity index (χ3n) is 5.28. The van der Waals surface area contributed by atoms with Gasteiger partial charge in [0, 0.05) is 0 Å². The standard InChI is InChI=1S/C18H34O4/c1-5-11-17(7-3,15(19)20)13-9-10-14-18(8-4,12-6-2)16(21)22/h5-14H2,1-4H3,(H,19,20)(H,21,22). The Morgan fingerprint density at radius 1 is 0.682 bits per heavy atom. The Kier molecular flexibility index (Phi) is 9.38. The van der Waals surface area contributed by atoms with E-state index in [1.54, 1.807) is 0 Å². The Labute approximate surface area is 135 Å². The van der Waals surface area contributed by atoms with E-state index in [1.165, 1.54) is 0 Å². The third kappa shape index (κ3) is 5.29. The summed E-state index contributed by atoms with van der Waals surface area (Å²) < 4.78 is 0. The lowest BCUT2D eigenvalue weighted by Crippen LogP contribution is -2.32. The molecule has 0 aromatic rings. The molecule has 0 saturated heterocycles. The maximum atomic E-state index is 11.6. The zero-order valence-corrected chi connectivity index (χ0v) is 14.8. The van der Waals surface area contributed by atoms with Gasteiger partial charge in [-0.3, -0.25) is 9.59 Å². The first kappa shape index (κ1) is 20.9. The van der Waals surface area contributed by atoms with E-state index in [1.807, 2.05) is 27.7 Å². The van der Waals surface area contributed by atoms with Crippen molar-refractivity contribution in [2.45, 2.75) is 91.9 Å². The van der Waals surface area contributed by atoms with Gasteiger partial charge >= 0.3 is 11.9 Å². The number of hydrogen-bond donors (Lipinski definition) is 2. The van der Waals surface area contributed by atoms with Gasteiger partial charge in [0.05, 0.1) is 10.8 Å². The number of aliphatic carboxylic acids is 2. The number of carboxylic acid groups (broad SMARTS) is 2. The second-order valence-electron chi connectivity index (χ2n) is 6.59. The van der Waals surface area contributed by atoms with Crippen LogP contribution < -0.4 is 0 Å². The third-order valence-corrected chi connectivity index (χ3v) is 5.28. The van der Waals surface area contributed by atoms with Crippen LogP contribution in [0.2, 0.25) is 0 Å². The van der Waals surface area contributed by atoms with E-state index in [4.69, 9.17) is 0 Å². The quantitative estimate of drug-likeness (QED) is 0.463. The van der Waals surface area contributed by atoms with E-state index >= 15 is 0 Å². The topological polar surface area (TPSA) is 74.6 Å². The van der Waals surface area contributed by atoms with Gasteiger partial charge in [0.25, 0.3) is 0 Å². The number of unbranched alkanes of at least 4 members (excludes halogenated alkanes) is 1. The highest BCUT2D eigenvalue weighted by Gasteiger charge is 2.37. The predicted octanol–water partition coefficient (Wildman–Crippen LogP) is 5.11. The highest BCUT2D eigenvalue weighted by Crippen LogP contribution is 2.38. The van der Waals surface area contributed by atoms with Crippen LogP contribution in [-0.4, -0.2) is 22.2 Å². The first-order chi connectivity index (χ1) is 10.3. The average molecular weight is 314 g/mol. The number of rotatable bonds is 13. The smallest absolute Gasteiger partial charge is 0.309 e. The normalized spacial score (nSPS) is 16.7. The molecule has 0 spiro atoms. The van der Waals surface area contributed by atoms with Gasteiger partial charge in [0.1, 0.15) is 0 Å². The molecule has 2 unspecified atom stereocenters. The van der Waals surface area contributed by atoms with Gasteiger partial charge in [-0.15, -0.1) is 0 Å². The van der Waals surface area contributed by atoms with Gasteiger partial charge in [-0.25, -0.2) is 0 Å². The molecule has 0 radical (unpaired) electrons. The van der Waals surface area contributed by atoms with Crippen molar-refractivity contribution in [3.8, 4) is 0 Å². The minimum Gasteiger partial charge on any atom is -0.481 e. The van der Waals surface area contributed by atoms with Crippen LogP contribution in [0.25, 0.3) is 0 Å². The van der Waals surface area contributed by atoms with Crippen molar-refractivity contribution in [2.24, 2.45) is 10.8 Å². The van der Waals surface area contributed by atoms with Crippen LogP contribution in [0.15, 0.2) is 0 Å². The van der Waals surface area contributed by atoms with Crippen molar-refractivity contribution in [1.82, 2.24) is 0 Å². The van der Waals surface area contributed by atoms with Crippen LogP contribution in [0.1, 0.15) is 91.9 Å². The maximum Gasteiger partial charge on any atom is 0.309 e. The van der Waals surface area contributed by atoms with E-state index in [-0.39, 0.29) is 0 Å². The lowest BCUT2D eigenvalue weighted by atomic mass is 9.73. The van der Waals surface area contributed by atoms with Gasteiger partial charge in [0.15, 0.2) is 0 Å². The summed E-state index contributed by atoms with van der Waals surface area (Å²) in [5.74, 6) is -1.41. The van der Waals surface area contributed by atoms with Crippen LogP contribution in [0.3, 0.4) is 0 Å². The zero-order valence-electron chi connectivity index (χ0n) is 14.8. The predicted molar refractivity (Wildman–Crippen MR) is 89.0 cm³/mol. The van der Waals surface area contributed by atoms with Crippen LogP contribution in [0, 0.1) is 10.8 Å². The molecule has 0 rings (SSSR count). The van der Waals surface area contributed by atoms with Gasteiger partial charge in [-0.2, -0.15) is 0 Å². The Morgan fingerprint density at radius 2 is 1.00 bits per heavy atom. The Hall–Kier alpha value is -1.06. The Bertz CT molecular complexity index is 319. The fraction of sp³-hybridized carbons (Fsp3) is 0.889. The molecule has 0 bridgehead atoms. The molecule has 130 valence electrons. The SMILES string of the molecule is CCCC(CC)(CCCCC(CC)(CCC)C(=O)O)C(=O)O. The molecule has 0 aromatic heterocycles. The van der Waals surface area contributed by atoms with E-state index in [0.717, 1.165) is 25.7 Å². The molecule has 0 aromatic carbocycles. The maximum absolute atomic E-state index is 11.6. The van der Waals surface area contributed by atoms with E-state index in [2.05, 4.69) is 0 Å². The lowest BCUT2D eigenvalue weighted by molar-refractivity contribution is -0.152. The van der Waals surface area contributed by atoms with E-state index < -0.39 is 22.8 Å². The summed E-state index contributed by atoms with van der Waals surface area (Å²) in [7, 11) is 0. The molecular weight excluding hydrogens is 280 g/mol. The molecule has 0 fully saturated rings. The van der Waals surface area contributed by atoms with Gasteiger partial charge in [-0.1, -0.05) is 53.4 Å². The summed E-state index contributed by atoms with van der Waals surface area (Å²) in [6, 6.07) is 0. The van der Waals surface area contributed by atoms with Crippen molar-refractivity contribution in [3.05, 3.63) is 0 Å². The molecule has 0 aliphatic heterocycles. The first-order valence-corrected chi connectivity index (χ1v) is 8.81. The molecular formula is C18H34O4. The second kappa shape index (κ2) is 9.86. The van der Waals surface area contributed by atoms with Crippen LogP contribution in [0.4, 0.5) is 0 Å². The summed E-state index contributed by atoms with van der Waals surface area (Å²) in [6.45, 7) is 7.91. The molecule has 2 N–H and O–H groups in total. The van der Waals surface area contributed by atoms with E-state index in [0.29, 0.717) is 38.5 Å². The number of hydrogen-bond acceptors (Lipinski definition) is 2. The highest BCUT2D eigenvalue weighted by atomic mass is 16.4. The monoisotopic (exact) mass is 314 g/mol.